The Morgan fingerprint density at radius 1 is 1.04 bits per heavy atom. The van der Waals surface area contributed by atoms with E-state index in [4.69, 9.17) is 4.42 Å². The number of para-hydroxylation sites is 1. The van der Waals surface area contributed by atoms with Crippen molar-refractivity contribution in [2.75, 3.05) is 7.05 Å². The molecule has 0 saturated heterocycles. The highest BCUT2D eigenvalue weighted by molar-refractivity contribution is 5.96. The van der Waals surface area contributed by atoms with Gasteiger partial charge in [0.1, 0.15) is 17.0 Å². The molecular weight excluding hydrogens is 328 g/mol. The lowest BCUT2D eigenvalue weighted by Crippen LogP contribution is -2.31. The summed E-state index contributed by atoms with van der Waals surface area (Å²) in [7, 11) is 1.70. The van der Waals surface area contributed by atoms with Gasteiger partial charge in [-0.05, 0) is 36.6 Å². The van der Waals surface area contributed by atoms with Crippen molar-refractivity contribution in [2.45, 2.75) is 13.0 Å². The molecule has 0 aliphatic heterocycles. The number of rotatable bonds is 3. The molecule has 0 fully saturated rings. The number of nitrogens with one attached hydrogen (secondary N) is 1. The number of fused-ring (bicyclic) bond motifs is 2. The van der Waals surface area contributed by atoms with Crippen LogP contribution in [0.5, 0.6) is 0 Å². The van der Waals surface area contributed by atoms with Gasteiger partial charge in [0, 0.05) is 17.8 Å². The quantitative estimate of drug-likeness (QED) is 0.607. The number of aromatic amines is 1. The number of nitrogens with zero attached hydrogens (tertiary/aromatic N) is 1. The molecule has 0 saturated carbocycles. The highest BCUT2D eigenvalue weighted by Gasteiger charge is 2.23. The van der Waals surface area contributed by atoms with E-state index in [1.54, 1.807) is 30.1 Å². The van der Waals surface area contributed by atoms with Gasteiger partial charge in [0.05, 0.1) is 6.04 Å². The van der Waals surface area contributed by atoms with Crippen LogP contribution in [-0.4, -0.2) is 22.8 Å². The highest BCUT2D eigenvalue weighted by atomic mass is 16.3. The zero-order chi connectivity index (χ0) is 18.3. The van der Waals surface area contributed by atoms with Gasteiger partial charge in [0.25, 0.3) is 11.5 Å². The molecule has 0 unspecified atom stereocenters. The Bertz CT molecular complexity index is 1140. The summed E-state index contributed by atoms with van der Waals surface area (Å²) in [6.07, 6.45) is 0. The molecular formula is C21H18N2O3. The molecule has 0 bridgehead atoms. The molecule has 4 aromatic rings. The number of benzene rings is 2. The van der Waals surface area contributed by atoms with Gasteiger partial charge in [-0.1, -0.05) is 36.4 Å². The Hall–Kier alpha value is -3.34. The molecule has 26 heavy (non-hydrogen) atoms. The third-order valence-electron chi connectivity index (χ3n) is 4.74. The van der Waals surface area contributed by atoms with Gasteiger partial charge in [-0.2, -0.15) is 0 Å². The van der Waals surface area contributed by atoms with Gasteiger partial charge in [-0.15, -0.1) is 0 Å². The maximum absolute atomic E-state index is 12.9. The zero-order valence-electron chi connectivity index (χ0n) is 14.5. The van der Waals surface area contributed by atoms with Crippen molar-refractivity contribution in [1.29, 1.82) is 0 Å². The molecule has 2 heterocycles. The molecule has 4 rings (SSSR count). The van der Waals surface area contributed by atoms with Crippen LogP contribution in [0, 0.1) is 0 Å². The van der Waals surface area contributed by atoms with Crippen molar-refractivity contribution >= 4 is 27.6 Å². The fraction of sp³-hybridized carbons (Fsp3) is 0.143. The van der Waals surface area contributed by atoms with E-state index >= 15 is 0 Å². The highest BCUT2D eigenvalue weighted by Crippen LogP contribution is 2.27. The number of carbonyl (C=O) groups excluding carboxylic acids is 1. The second kappa shape index (κ2) is 6.19. The topological polar surface area (TPSA) is 66.3 Å². The van der Waals surface area contributed by atoms with E-state index in [0.717, 1.165) is 16.4 Å². The first-order valence-corrected chi connectivity index (χ1v) is 8.42. The third-order valence-corrected chi connectivity index (χ3v) is 4.74. The number of aromatic nitrogens is 1. The van der Waals surface area contributed by atoms with Crippen LogP contribution >= 0.6 is 0 Å². The summed E-state index contributed by atoms with van der Waals surface area (Å²) in [5, 5.41) is 2.30. The van der Waals surface area contributed by atoms with Gasteiger partial charge >= 0.3 is 0 Å². The fourth-order valence-corrected chi connectivity index (χ4v) is 3.09. The van der Waals surface area contributed by atoms with Crippen LogP contribution in [0.4, 0.5) is 0 Å². The van der Waals surface area contributed by atoms with E-state index in [1.807, 2.05) is 49.4 Å². The Morgan fingerprint density at radius 2 is 1.73 bits per heavy atom. The van der Waals surface area contributed by atoms with Crippen LogP contribution in [0.2, 0.25) is 0 Å². The third kappa shape index (κ3) is 2.67. The number of amides is 1. The molecule has 1 atom stereocenters. The van der Waals surface area contributed by atoms with Crippen molar-refractivity contribution in [3.05, 3.63) is 82.5 Å². The lowest BCUT2D eigenvalue weighted by atomic mass is 10.1. The summed E-state index contributed by atoms with van der Waals surface area (Å²) >= 11 is 0. The van der Waals surface area contributed by atoms with Crippen molar-refractivity contribution in [1.82, 2.24) is 9.88 Å². The molecule has 2 aromatic heterocycles. The van der Waals surface area contributed by atoms with Crippen molar-refractivity contribution < 1.29 is 9.21 Å². The van der Waals surface area contributed by atoms with E-state index in [-0.39, 0.29) is 23.2 Å². The summed E-state index contributed by atoms with van der Waals surface area (Å²) in [4.78, 5) is 29.4. The lowest BCUT2D eigenvalue weighted by Gasteiger charge is -2.23. The Morgan fingerprint density at radius 3 is 2.50 bits per heavy atom. The summed E-state index contributed by atoms with van der Waals surface area (Å²) in [6.45, 7) is 1.90. The largest absolute Gasteiger partial charge is 0.459 e. The van der Waals surface area contributed by atoms with Gasteiger partial charge < -0.3 is 14.3 Å². The van der Waals surface area contributed by atoms with Crippen molar-refractivity contribution in [3.8, 4) is 0 Å². The molecule has 1 N–H and O–H groups in total. The van der Waals surface area contributed by atoms with Crippen molar-refractivity contribution in [2.24, 2.45) is 0 Å². The maximum Gasteiger partial charge on any atom is 0.270 e. The van der Waals surface area contributed by atoms with Crippen LogP contribution < -0.4 is 5.56 Å². The van der Waals surface area contributed by atoms with Crippen LogP contribution in [0.25, 0.3) is 21.7 Å². The predicted octanol–water partition coefficient (Wildman–Crippen LogP) is 4.11. The minimum atomic E-state index is -0.273. The normalized spacial score (nSPS) is 12.4. The first-order chi connectivity index (χ1) is 12.5. The van der Waals surface area contributed by atoms with Crippen molar-refractivity contribution in [3.63, 3.8) is 0 Å². The SMILES string of the molecule is C[C@H](c1cc2ccccc2o1)N(C)C(=O)c1cc2ccccc2c(=O)[nH]1. The number of carbonyl (C=O) groups is 1. The summed E-state index contributed by atoms with van der Waals surface area (Å²) in [6, 6.07) is 18.3. The number of pyridine rings is 1. The molecule has 130 valence electrons. The van der Waals surface area contributed by atoms with E-state index in [1.165, 1.54) is 0 Å². The minimum Gasteiger partial charge on any atom is -0.459 e. The molecule has 2 aromatic carbocycles. The van der Waals surface area contributed by atoms with E-state index in [0.29, 0.717) is 11.1 Å². The van der Waals surface area contributed by atoms with Gasteiger partial charge in [-0.3, -0.25) is 9.59 Å². The van der Waals surface area contributed by atoms with E-state index in [9.17, 15) is 9.59 Å². The molecule has 0 spiro atoms. The van der Waals surface area contributed by atoms with Gasteiger partial charge in [-0.25, -0.2) is 0 Å². The second-order valence-corrected chi connectivity index (χ2v) is 6.38. The smallest absolute Gasteiger partial charge is 0.270 e. The molecule has 0 aliphatic rings. The zero-order valence-corrected chi connectivity index (χ0v) is 14.5. The molecule has 5 heteroatoms. The first kappa shape index (κ1) is 16.1. The Balaban J connectivity index is 1.68. The summed E-state index contributed by atoms with van der Waals surface area (Å²) in [5.41, 5.74) is 0.782. The second-order valence-electron chi connectivity index (χ2n) is 6.38. The van der Waals surface area contributed by atoms with Crippen LogP contribution in [0.1, 0.15) is 29.2 Å². The van der Waals surface area contributed by atoms with E-state index < -0.39 is 0 Å². The molecule has 5 nitrogen and oxygen atoms in total. The number of H-pyrrole nitrogens is 1. The average molecular weight is 346 g/mol. The van der Waals surface area contributed by atoms with Crippen LogP contribution in [0.3, 0.4) is 0 Å². The van der Waals surface area contributed by atoms with Gasteiger partial charge in [0.2, 0.25) is 0 Å². The summed E-state index contributed by atoms with van der Waals surface area (Å²) in [5.74, 6) is 0.436. The molecule has 1 amide bonds. The predicted molar refractivity (Wildman–Crippen MR) is 101 cm³/mol. The number of hydrogen-bond donors (Lipinski definition) is 1. The van der Waals surface area contributed by atoms with Gasteiger partial charge in [0.15, 0.2) is 0 Å². The average Bonchev–Trinajstić information content (AvgIpc) is 3.10. The van der Waals surface area contributed by atoms with Crippen LogP contribution in [-0.2, 0) is 0 Å². The minimum absolute atomic E-state index is 0.263. The number of hydrogen-bond acceptors (Lipinski definition) is 3. The Labute approximate surface area is 149 Å². The monoisotopic (exact) mass is 346 g/mol. The lowest BCUT2D eigenvalue weighted by molar-refractivity contribution is 0.0721. The summed E-state index contributed by atoms with van der Waals surface area (Å²) < 4.78 is 5.87. The number of furan rings is 1. The fourth-order valence-electron chi connectivity index (χ4n) is 3.09. The Kier molecular flexibility index (Phi) is 3.84. The molecule has 0 radical (unpaired) electrons. The standard InChI is InChI=1S/C21H18N2O3/c1-13(19-12-15-8-4-6-10-18(15)26-19)23(2)21(25)17-11-14-7-3-5-9-16(14)20(24)22-17/h3-13H,1-2H3,(H,22,24)/t13-/m1/s1. The maximum atomic E-state index is 12.9. The van der Waals surface area contributed by atoms with Crippen LogP contribution in [0.15, 0.2) is 69.9 Å². The molecule has 0 aliphatic carbocycles. The first-order valence-electron chi connectivity index (χ1n) is 8.42. The van der Waals surface area contributed by atoms with E-state index in [2.05, 4.69) is 4.98 Å².